The van der Waals surface area contributed by atoms with Crippen molar-refractivity contribution in [2.24, 2.45) is 5.92 Å². The lowest BCUT2D eigenvalue weighted by atomic mass is 10.0. The monoisotopic (exact) mass is 398 g/mol. The van der Waals surface area contributed by atoms with Gasteiger partial charge in [0.05, 0.1) is 18.1 Å². The zero-order valence-corrected chi connectivity index (χ0v) is 18.1. The Morgan fingerprint density at radius 3 is 2.76 bits per heavy atom. The van der Waals surface area contributed by atoms with Gasteiger partial charge in [0.15, 0.2) is 6.10 Å². The Balaban J connectivity index is 1.65. The number of aliphatic hydroxyl groups is 1. The fourth-order valence-corrected chi connectivity index (χ4v) is 3.32. The van der Waals surface area contributed by atoms with E-state index in [1.807, 2.05) is 19.3 Å². The molecule has 0 aliphatic carbocycles. The zero-order valence-electron chi connectivity index (χ0n) is 18.1. The van der Waals surface area contributed by atoms with Crippen LogP contribution < -0.4 is 0 Å². The fourth-order valence-electron chi connectivity index (χ4n) is 3.32. The van der Waals surface area contributed by atoms with E-state index in [9.17, 15) is 9.90 Å². The Morgan fingerprint density at radius 1 is 1.31 bits per heavy atom. The van der Waals surface area contributed by atoms with Crippen molar-refractivity contribution in [3.8, 4) is 0 Å². The second-order valence-electron chi connectivity index (χ2n) is 8.10. The molecule has 1 aromatic heterocycles. The average molecular weight is 399 g/mol. The molecular formula is C25H34O4. The minimum absolute atomic E-state index is 0.0750. The molecule has 29 heavy (non-hydrogen) atoms. The summed E-state index contributed by atoms with van der Waals surface area (Å²) in [4.78, 5) is 11.5. The summed E-state index contributed by atoms with van der Waals surface area (Å²) in [5, 5.41) is 9.92. The van der Waals surface area contributed by atoms with Crippen molar-refractivity contribution < 1.29 is 19.1 Å². The molecule has 0 saturated heterocycles. The molecule has 0 saturated carbocycles. The standard InChI is InChI=1S/C25H34O4/c1-18(8-5-9-19(2)11-7-13-22-14-15-28-17-22)10-6-12-20(3)16-23-24(26)21(4)25(27)29-23/h5,8-9,12,14-15,17-18,23,26H,6-7,10-11,13,16H2,1-4H3/b8-5+,19-9+,20-12+. The summed E-state index contributed by atoms with van der Waals surface area (Å²) in [5.74, 6) is 0.156. The lowest BCUT2D eigenvalue weighted by molar-refractivity contribution is -0.140. The first kappa shape index (κ1) is 22.8. The second-order valence-corrected chi connectivity index (χ2v) is 8.10. The molecule has 0 spiro atoms. The van der Waals surface area contributed by atoms with Crippen LogP contribution in [0.2, 0.25) is 0 Å². The van der Waals surface area contributed by atoms with Gasteiger partial charge < -0.3 is 14.3 Å². The number of carbonyl (C=O) groups excluding carboxylic acids is 1. The molecule has 4 heteroatoms. The number of aryl methyl sites for hydroxylation is 1. The van der Waals surface area contributed by atoms with Crippen molar-refractivity contribution in [2.75, 3.05) is 0 Å². The maximum atomic E-state index is 11.5. The van der Waals surface area contributed by atoms with E-state index >= 15 is 0 Å². The predicted molar refractivity (Wildman–Crippen MR) is 117 cm³/mol. The summed E-state index contributed by atoms with van der Waals surface area (Å²) in [6.07, 6.45) is 17.7. The number of aliphatic hydroxyl groups excluding tert-OH is 1. The zero-order chi connectivity index (χ0) is 21.2. The molecule has 2 heterocycles. The highest BCUT2D eigenvalue weighted by molar-refractivity contribution is 5.91. The highest BCUT2D eigenvalue weighted by Gasteiger charge is 2.31. The molecule has 0 amide bonds. The fraction of sp³-hybridized carbons (Fsp3) is 0.480. The van der Waals surface area contributed by atoms with Gasteiger partial charge in [0.2, 0.25) is 0 Å². The molecule has 1 aliphatic rings. The molecule has 2 rings (SSSR count). The summed E-state index contributed by atoms with van der Waals surface area (Å²) in [6.45, 7) is 8.02. The summed E-state index contributed by atoms with van der Waals surface area (Å²) < 4.78 is 10.3. The van der Waals surface area contributed by atoms with E-state index in [1.54, 1.807) is 13.2 Å². The summed E-state index contributed by atoms with van der Waals surface area (Å²) >= 11 is 0. The molecule has 1 N–H and O–H groups in total. The van der Waals surface area contributed by atoms with Crippen molar-refractivity contribution >= 4 is 5.97 Å². The van der Waals surface area contributed by atoms with E-state index in [2.05, 4.69) is 38.2 Å². The van der Waals surface area contributed by atoms with Gasteiger partial charge in [-0.05, 0) is 70.4 Å². The lowest BCUT2D eigenvalue weighted by Crippen LogP contribution is -2.12. The molecule has 2 unspecified atom stereocenters. The van der Waals surface area contributed by atoms with Gasteiger partial charge in [-0.2, -0.15) is 0 Å². The number of rotatable bonds is 11. The number of ether oxygens (including phenoxy) is 1. The summed E-state index contributed by atoms with van der Waals surface area (Å²) in [7, 11) is 0. The largest absolute Gasteiger partial charge is 0.508 e. The van der Waals surface area contributed by atoms with E-state index in [1.165, 1.54) is 11.1 Å². The van der Waals surface area contributed by atoms with E-state index in [0.717, 1.165) is 37.7 Å². The van der Waals surface area contributed by atoms with Gasteiger partial charge >= 0.3 is 5.97 Å². The second kappa shape index (κ2) is 11.5. The molecule has 2 atom stereocenters. The van der Waals surface area contributed by atoms with Crippen molar-refractivity contribution in [1.82, 2.24) is 0 Å². The number of hydrogen-bond acceptors (Lipinski definition) is 4. The highest BCUT2D eigenvalue weighted by atomic mass is 16.6. The van der Waals surface area contributed by atoms with Crippen molar-refractivity contribution in [3.63, 3.8) is 0 Å². The Bertz CT molecular complexity index is 778. The van der Waals surface area contributed by atoms with E-state index in [4.69, 9.17) is 9.15 Å². The molecule has 0 radical (unpaired) electrons. The van der Waals surface area contributed by atoms with Crippen LogP contribution in [0.25, 0.3) is 0 Å². The highest BCUT2D eigenvalue weighted by Crippen LogP contribution is 2.25. The van der Waals surface area contributed by atoms with Crippen LogP contribution in [0, 0.1) is 5.92 Å². The molecule has 1 aliphatic heterocycles. The number of carbonyl (C=O) groups is 1. The van der Waals surface area contributed by atoms with Crippen LogP contribution in [-0.4, -0.2) is 17.2 Å². The third-order valence-electron chi connectivity index (χ3n) is 5.30. The molecule has 1 aromatic rings. The Kier molecular flexibility index (Phi) is 9.04. The smallest absolute Gasteiger partial charge is 0.338 e. The van der Waals surface area contributed by atoms with Crippen LogP contribution in [0.15, 0.2) is 69.8 Å². The summed E-state index contributed by atoms with van der Waals surface area (Å²) in [6, 6.07) is 2.03. The number of esters is 1. The van der Waals surface area contributed by atoms with Gasteiger partial charge in [0, 0.05) is 6.42 Å². The minimum Gasteiger partial charge on any atom is -0.508 e. The van der Waals surface area contributed by atoms with Gasteiger partial charge in [0.1, 0.15) is 5.76 Å². The van der Waals surface area contributed by atoms with Gasteiger partial charge in [0.25, 0.3) is 0 Å². The van der Waals surface area contributed by atoms with Crippen molar-refractivity contribution in [2.45, 2.75) is 72.3 Å². The lowest BCUT2D eigenvalue weighted by Gasteiger charge is -2.11. The first-order valence-electron chi connectivity index (χ1n) is 10.5. The molecule has 4 nitrogen and oxygen atoms in total. The van der Waals surface area contributed by atoms with E-state index < -0.39 is 12.1 Å². The minimum atomic E-state index is -0.516. The molecule has 0 fully saturated rings. The van der Waals surface area contributed by atoms with E-state index in [-0.39, 0.29) is 5.76 Å². The average Bonchev–Trinajstić information content (AvgIpc) is 3.27. The third kappa shape index (κ3) is 7.80. The molecule has 0 bridgehead atoms. The van der Waals surface area contributed by atoms with Crippen LogP contribution in [0.4, 0.5) is 0 Å². The normalized spacial score (nSPS) is 19.3. The van der Waals surface area contributed by atoms with Crippen LogP contribution in [0.1, 0.15) is 65.4 Å². The Labute approximate surface area is 174 Å². The number of allylic oxidation sites excluding steroid dienone is 5. The SMILES string of the molecule is CC1=C(O)C(C/C(C)=C/CCC(C)/C=C/C=C(\C)CCCc2ccoc2)OC1=O. The van der Waals surface area contributed by atoms with Gasteiger partial charge in [-0.25, -0.2) is 4.79 Å². The predicted octanol–water partition coefficient (Wildman–Crippen LogP) is 6.61. The first-order chi connectivity index (χ1) is 13.9. The third-order valence-corrected chi connectivity index (χ3v) is 5.30. The maximum absolute atomic E-state index is 11.5. The molecule has 158 valence electrons. The van der Waals surface area contributed by atoms with Crippen molar-refractivity contribution in [3.05, 3.63) is 70.9 Å². The topological polar surface area (TPSA) is 59.7 Å². The number of furan rings is 1. The van der Waals surface area contributed by atoms with E-state index in [0.29, 0.717) is 17.9 Å². The van der Waals surface area contributed by atoms with Gasteiger partial charge in [-0.1, -0.05) is 42.4 Å². The number of cyclic esters (lactones) is 1. The summed E-state index contributed by atoms with van der Waals surface area (Å²) in [5.41, 5.74) is 4.11. The van der Waals surface area contributed by atoms with Crippen LogP contribution in [0.3, 0.4) is 0 Å². The van der Waals surface area contributed by atoms with Gasteiger partial charge in [-0.15, -0.1) is 0 Å². The number of hydrogen-bond donors (Lipinski definition) is 1. The maximum Gasteiger partial charge on any atom is 0.338 e. The first-order valence-corrected chi connectivity index (χ1v) is 10.5. The van der Waals surface area contributed by atoms with Crippen molar-refractivity contribution in [1.29, 1.82) is 0 Å². The molecular weight excluding hydrogens is 364 g/mol. The Hall–Kier alpha value is -2.49. The Morgan fingerprint density at radius 2 is 2.10 bits per heavy atom. The van der Waals surface area contributed by atoms with Crippen LogP contribution >= 0.6 is 0 Å². The molecule has 0 aromatic carbocycles. The van der Waals surface area contributed by atoms with Crippen LogP contribution in [0.5, 0.6) is 0 Å². The van der Waals surface area contributed by atoms with Gasteiger partial charge in [-0.3, -0.25) is 0 Å². The quantitative estimate of drug-likeness (QED) is 0.259. The van der Waals surface area contributed by atoms with Crippen LogP contribution in [-0.2, 0) is 16.0 Å².